The lowest BCUT2D eigenvalue weighted by Crippen LogP contribution is -2.04. The van der Waals surface area contributed by atoms with E-state index in [9.17, 15) is 0 Å². The average Bonchev–Trinajstić information content (AvgIpc) is 2.61. The first-order chi connectivity index (χ1) is 7.20. The summed E-state index contributed by atoms with van der Waals surface area (Å²) in [7, 11) is 0. The summed E-state index contributed by atoms with van der Waals surface area (Å²) in [6.07, 6.45) is 0. The molecule has 0 aliphatic heterocycles. The van der Waals surface area contributed by atoms with Crippen LogP contribution in [0.5, 0.6) is 0 Å². The Bertz CT molecular complexity index is 443. The SMILES string of the molecule is Cc1nnn(-c2ccccc2)c1C(C)C. The van der Waals surface area contributed by atoms with Gasteiger partial charge >= 0.3 is 0 Å². The normalized spacial score (nSPS) is 10.9. The van der Waals surface area contributed by atoms with Crippen molar-refractivity contribution in [3.8, 4) is 5.69 Å². The van der Waals surface area contributed by atoms with Gasteiger partial charge in [-0.3, -0.25) is 0 Å². The van der Waals surface area contributed by atoms with E-state index in [-0.39, 0.29) is 0 Å². The summed E-state index contributed by atoms with van der Waals surface area (Å²) in [6.45, 7) is 6.32. The lowest BCUT2D eigenvalue weighted by atomic mass is 10.1. The minimum absolute atomic E-state index is 0.431. The highest BCUT2D eigenvalue weighted by molar-refractivity contribution is 5.33. The molecule has 0 fully saturated rings. The number of rotatable bonds is 2. The molecular weight excluding hydrogens is 186 g/mol. The van der Waals surface area contributed by atoms with Crippen molar-refractivity contribution in [3.63, 3.8) is 0 Å². The number of para-hydroxylation sites is 1. The van der Waals surface area contributed by atoms with Crippen molar-refractivity contribution in [2.24, 2.45) is 0 Å². The van der Waals surface area contributed by atoms with Crippen LogP contribution in [0.4, 0.5) is 0 Å². The van der Waals surface area contributed by atoms with E-state index in [4.69, 9.17) is 0 Å². The summed E-state index contributed by atoms with van der Waals surface area (Å²) in [6, 6.07) is 10.1. The van der Waals surface area contributed by atoms with E-state index in [2.05, 4.69) is 24.2 Å². The van der Waals surface area contributed by atoms with Crippen LogP contribution in [-0.4, -0.2) is 15.0 Å². The number of hydrogen-bond acceptors (Lipinski definition) is 2. The van der Waals surface area contributed by atoms with E-state index in [1.807, 2.05) is 41.9 Å². The van der Waals surface area contributed by atoms with Gasteiger partial charge in [0.05, 0.1) is 17.1 Å². The Hall–Kier alpha value is -1.64. The molecule has 0 aliphatic rings. The Morgan fingerprint density at radius 3 is 2.40 bits per heavy atom. The highest BCUT2D eigenvalue weighted by Crippen LogP contribution is 2.20. The van der Waals surface area contributed by atoms with E-state index >= 15 is 0 Å². The van der Waals surface area contributed by atoms with Gasteiger partial charge in [0.2, 0.25) is 0 Å². The highest BCUT2D eigenvalue weighted by atomic mass is 15.4. The fourth-order valence-corrected chi connectivity index (χ4v) is 1.79. The van der Waals surface area contributed by atoms with Crippen LogP contribution >= 0.6 is 0 Å². The third kappa shape index (κ3) is 1.77. The fourth-order valence-electron chi connectivity index (χ4n) is 1.79. The van der Waals surface area contributed by atoms with E-state index in [1.54, 1.807) is 0 Å². The summed E-state index contributed by atoms with van der Waals surface area (Å²) < 4.78 is 1.92. The highest BCUT2D eigenvalue weighted by Gasteiger charge is 2.13. The van der Waals surface area contributed by atoms with Crippen LogP contribution in [0.15, 0.2) is 30.3 Å². The topological polar surface area (TPSA) is 30.7 Å². The first-order valence-electron chi connectivity index (χ1n) is 5.17. The van der Waals surface area contributed by atoms with Gasteiger partial charge in [0, 0.05) is 0 Å². The average molecular weight is 201 g/mol. The van der Waals surface area contributed by atoms with Gasteiger partial charge in [-0.2, -0.15) is 0 Å². The minimum Gasteiger partial charge on any atom is -0.217 e. The molecule has 0 saturated carbocycles. The van der Waals surface area contributed by atoms with Gasteiger partial charge in [-0.1, -0.05) is 37.3 Å². The molecule has 78 valence electrons. The molecule has 3 heteroatoms. The van der Waals surface area contributed by atoms with Crippen LogP contribution < -0.4 is 0 Å². The van der Waals surface area contributed by atoms with Crippen molar-refractivity contribution in [3.05, 3.63) is 41.7 Å². The van der Waals surface area contributed by atoms with Crippen molar-refractivity contribution in [2.45, 2.75) is 26.7 Å². The fraction of sp³-hybridized carbons (Fsp3) is 0.333. The van der Waals surface area contributed by atoms with Gasteiger partial charge in [-0.15, -0.1) is 5.10 Å². The molecule has 0 atom stereocenters. The van der Waals surface area contributed by atoms with Crippen molar-refractivity contribution in [1.82, 2.24) is 15.0 Å². The van der Waals surface area contributed by atoms with Crippen LogP contribution in [0.2, 0.25) is 0 Å². The first-order valence-corrected chi connectivity index (χ1v) is 5.17. The van der Waals surface area contributed by atoms with Crippen LogP contribution in [0, 0.1) is 6.92 Å². The minimum atomic E-state index is 0.431. The number of benzene rings is 1. The standard InChI is InChI=1S/C12H15N3/c1-9(2)12-10(3)13-14-15(12)11-7-5-4-6-8-11/h4-9H,1-3H3. The number of nitrogens with zero attached hydrogens (tertiary/aromatic N) is 3. The molecule has 0 amide bonds. The summed E-state index contributed by atoms with van der Waals surface area (Å²) >= 11 is 0. The molecular formula is C12H15N3. The molecule has 1 aromatic carbocycles. The molecule has 1 aromatic heterocycles. The van der Waals surface area contributed by atoms with E-state index in [0.29, 0.717) is 5.92 Å². The van der Waals surface area contributed by atoms with Gasteiger partial charge in [0.15, 0.2) is 0 Å². The van der Waals surface area contributed by atoms with Crippen molar-refractivity contribution in [2.75, 3.05) is 0 Å². The summed E-state index contributed by atoms with van der Waals surface area (Å²) in [5.41, 5.74) is 3.26. The van der Waals surface area contributed by atoms with Gasteiger partial charge < -0.3 is 0 Å². The molecule has 2 rings (SSSR count). The lowest BCUT2D eigenvalue weighted by molar-refractivity contribution is 0.715. The zero-order valence-electron chi connectivity index (χ0n) is 9.31. The van der Waals surface area contributed by atoms with Gasteiger partial charge in [0.25, 0.3) is 0 Å². The maximum Gasteiger partial charge on any atom is 0.0835 e. The molecule has 15 heavy (non-hydrogen) atoms. The third-order valence-electron chi connectivity index (χ3n) is 2.43. The summed E-state index contributed by atoms with van der Waals surface area (Å²) in [4.78, 5) is 0. The van der Waals surface area contributed by atoms with Crippen LogP contribution in [-0.2, 0) is 0 Å². The molecule has 0 bridgehead atoms. The maximum atomic E-state index is 4.17. The molecule has 3 nitrogen and oxygen atoms in total. The lowest BCUT2D eigenvalue weighted by Gasteiger charge is -2.09. The van der Waals surface area contributed by atoms with E-state index < -0.39 is 0 Å². The van der Waals surface area contributed by atoms with Crippen LogP contribution in [0.1, 0.15) is 31.2 Å². The molecule has 2 aromatic rings. The van der Waals surface area contributed by atoms with Crippen LogP contribution in [0.25, 0.3) is 5.69 Å². The van der Waals surface area contributed by atoms with Crippen molar-refractivity contribution in [1.29, 1.82) is 0 Å². The second-order valence-corrected chi connectivity index (χ2v) is 3.96. The number of aryl methyl sites for hydroxylation is 1. The second-order valence-electron chi connectivity index (χ2n) is 3.96. The Labute approximate surface area is 89.7 Å². The third-order valence-corrected chi connectivity index (χ3v) is 2.43. The van der Waals surface area contributed by atoms with Gasteiger partial charge in [-0.25, -0.2) is 4.68 Å². The zero-order valence-corrected chi connectivity index (χ0v) is 9.31. The summed E-state index contributed by atoms with van der Waals surface area (Å²) in [5, 5.41) is 8.30. The Morgan fingerprint density at radius 1 is 1.13 bits per heavy atom. The van der Waals surface area contributed by atoms with E-state index in [1.165, 1.54) is 5.69 Å². The van der Waals surface area contributed by atoms with Crippen molar-refractivity contribution >= 4 is 0 Å². The first kappa shape index (κ1) is 9.90. The van der Waals surface area contributed by atoms with Crippen LogP contribution in [0.3, 0.4) is 0 Å². The smallest absolute Gasteiger partial charge is 0.0835 e. The molecule has 0 aliphatic carbocycles. The Balaban J connectivity index is 2.54. The van der Waals surface area contributed by atoms with Gasteiger partial charge in [0.1, 0.15) is 0 Å². The molecule has 0 spiro atoms. The van der Waals surface area contributed by atoms with E-state index in [0.717, 1.165) is 11.4 Å². The summed E-state index contributed by atoms with van der Waals surface area (Å²) in [5.74, 6) is 0.431. The largest absolute Gasteiger partial charge is 0.217 e. The van der Waals surface area contributed by atoms with Gasteiger partial charge in [-0.05, 0) is 25.0 Å². The predicted octanol–water partition coefficient (Wildman–Crippen LogP) is 2.70. The molecule has 0 saturated heterocycles. The molecule has 0 N–H and O–H groups in total. The molecule has 0 unspecified atom stereocenters. The second kappa shape index (κ2) is 3.85. The zero-order chi connectivity index (χ0) is 10.8. The monoisotopic (exact) mass is 201 g/mol. The Morgan fingerprint density at radius 2 is 1.80 bits per heavy atom. The maximum absolute atomic E-state index is 4.17. The molecule has 0 radical (unpaired) electrons. The quantitative estimate of drug-likeness (QED) is 0.748. The molecule has 1 heterocycles. The predicted molar refractivity (Wildman–Crippen MR) is 60.2 cm³/mol. The van der Waals surface area contributed by atoms with Crippen molar-refractivity contribution < 1.29 is 0 Å². The number of hydrogen-bond donors (Lipinski definition) is 0. The number of aromatic nitrogens is 3. The Kier molecular flexibility index (Phi) is 2.54.